The maximum absolute atomic E-state index is 11.5. The van der Waals surface area contributed by atoms with E-state index in [9.17, 15) is 4.79 Å². The Morgan fingerprint density at radius 2 is 2.36 bits per heavy atom. The molecular weight excluding hydrogens is 182 g/mol. The number of carbonyl (C=O) groups is 1. The molecule has 0 unspecified atom stereocenters. The molecule has 2 heterocycles. The Bertz CT molecular complexity index is 428. The lowest BCUT2D eigenvalue weighted by Crippen LogP contribution is -2.11. The van der Waals surface area contributed by atoms with Crippen molar-refractivity contribution in [2.45, 2.75) is 0 Å². The van der Waals surface area contributed by atoms with Gasteiger partial charge in [-0.1, -0.05) is 0 Å². The third kappa shape index (κ3) is 1.54. The van der Waals surface area contributed by atoms with Crippen LogP contribution in [0.15, 0.2) is 41.3 Å². The van der Waals surface area contributed by atoms with Crippen molar-refractivity contribution in [3.63, 3.8) is 0 Å². The normalized spacial score (nSPS) is 10.1. The number of hydrogen-bond acceptors (Lipinski definition) is 3. The molecule has 0 amide bonds. The Kier molecular flexibility index (Phi) is 2.10. The Hall–Kier alpha value is -1.97. The average molecular weight is 191 g/mol. The minimum Gasteiger partial charge on any atom is -0.469 e. The lowest BCUT2D eigenvalue weighted by atomic mass is 10.4. The van der Waals surface area contributed by atoms with Crippen LogP contribution in [0.2, 0.25) is 0 Å². The summed E-state index contributed by atoms with van der Waals surface area (Å²) in [7, 11) is 1.78. The van der Waals surface area contributed by atoms with E-state index in [1.165, 1.54) is 12.5 Å². The van der Waals surface area contributed by atoms with Crippen molar-refractivity contribution >= 4 is 5.97 Å². The minimum atomic E-state index is -0.390. The van der Waals surface area contributed by atoms with Gasteiger partial charge in [-0.3, -0.25) is 0 Å². The van der Waals surface area contributed by atoms with Crippen molar-refractivity contribution in [2.75, 3.05) is 0 Å². The van der Waals surface area contributed by atoms with Gasteiger partial charge in [0, 0.05) is 19.3 Å². The third-order valence-electron chi connectivity index (χ3n) is 1.86. The first kappa shape index (κ1) is 8.62. The molecule has 2 rings (SSSR count). The summed E-state index contributed by atoms with van der Waals surface area (Å²) in [5.41, 5.74) is 0.506. The number of esters is 1. The first-order valence-electron chi connectivity index (χ1n) is 4.13. The van der Waals surface area contributed by atoms with Gasteiger partial charge in [0.15, 0.2) is 5.75 Å². The molecular formula is C10H9NO3. The van der Waals surface area contributed by atoms with Gasteiger partial charge >= 0.3 is 5.97 Å². The van der Waals surface area contributed by atoms with Crippen molar-refractivity contribution in [1.82, 2.24) is 4.57 Å². The minimum absolute atomic E-state index is 0.390. The smallest absolute Gasteiger partial charge is 0.360 e. The maximum atomic E-state index is 11.5. The van der Waals surface area contributed by atoms with Crippen LogP contribution in [0.25, 0.3) is 0 Å². The van der Waals surface area contributed by atoms with Crippen LogP contribution in [0.4, 0.5) is 0 Å². The zero-order chi connectivity index (χ0) is 9.97. The van der Waals surface area contributed by atoms with Crippen LogP contribution in [-0.4, -0.2) is 10.5 Å². The zero-order valence-corrected chi connectivity index (χ0v) is 7.64. The second-order valence-electron chi connectivity index (χ2n) is 2.85. The van der Waals surface area contributed by atoms with Crippen molar-refractivity contribution in [3.05, 3.63) is 42.6 Å². The molecule has 0 fully saturated rings. The fraction of sp³-hybridized carbons (Fsp3) is 0.100. The summed E-state index contributed by atoms with van der Waals surface area (Å²) in [4.78, 5) is 11.5. The van der Waals surface area contributed by atoms with E-state index in [2.05, 4.69) is 0 Å². The van der Waals surface area contributed by atoms with Crippen LogP contribution in [0.3, 0.4) is 0 Å². The highest BCUT2D eigenvalue weighted by molar-refractivity contribution is 5.89. The molecule has 4 heteroatoms. The average Bonchev–Trinajstić information content (AvgIpc) is 2.75. The first-order chi connectivity index (χ1) is 6.77. The van der Waals surface area contributed by atoms with Crippen molar-refractivity contribution < 1.29 is 13.9 Å². The second kappa shape index (κ2) is 3.41. The van der Waals surface area contributed by atoms with Crippen molar-refractivity contribution in [3.8, 4) is 5.75 Å². The standard InChI is InChI=1S/C10H9NO3/c1-11-5-2-3-9(11)10(12)14-8-4-6-13-7-8/h2-7H,1H3. The number of hydrogen-bond donors (Lipinski definition) is 0. The number of aryl methyl sites for hydroxylation is 1. The van der Waals surface area contributed by atoms with E-state index in [1.807, 2.05) is 0 Å². The molecule has 0 aliphatic carbocycles. The molecule has 2 aromatic heterocycles. The molecule has 0 atom stereocenters. The number of aromatic nitrogens is 1. The second-order valence-corrected chi connectivity index (χ2v) is 2.85. The van der Waals surface area contributed by atoms with Gasteiger partial charge < -0.3 is 13.7 Å². The predicted molar refractivity (Wildman–Crippen MR) is 49.1 cm³/mol. The molecule has 14 heavy (non-hydrogen) atoms. The van der Waals surface area contributed by atoms with Gasteiger partial charge in [-0.2, -0.15) is 0 Å². The monoisotopic (exact) mass is 191 g/mol. The Balaban J connectivity index is 2.14. The lowest BCUT2D eigenvalue weighted by molar-refractivity contribution is 0.0723. The van der Waals surface area contributed by atoms with Crippen LogP contribution in [0.1, 0.15) is 10.5 Å². The van der Waals surface area contributed by atoms with E-state index < -0.39 is 0 Å². The molecule has 0 N–H and O–H groups in total. The summed E-state index contributed by atoms with van der Waals surface area (Å²) < 4.78 is 11.5. The third-order valence-corrected chi connectivity index (χ3v) is 1.86. The number of furan rings is 1. The molecule has 0 saturated carbocycles. The zero-order valence-electron chi connectivity index (χ0n) is 7.64. The Labute approximate surface area is 80.7 Å². The molecule has 0 aliphatic heterocycles. The van der Waals surface area contributed by atoms with Crippen molar-refractivity contribution in [1.29, 1.82) is 0 Å². The molecule has 0 radical (unpaired) electrons. The summed E-state index contributed by atoms with van der Waals surface area (Å²) in [5, 5.41) is 0. The van der Waals surface area contributed by atoms with E-state index >= 15 is 0 Å². The molecule has 4 nitrogen and oxygen atoms in total. The largest absolute Gasteiger partial charge is 0.469 e. The van der Waals surface area contributed by atoms with E-state index in [4.69, 9.17) is 9.15 Å². The quantitative estimate of drug-likeness (QED) is 0.680. The summed E-state index contributed by atoms with van der Waals surface area (Å²) in [5.74, 6) is 0.0232. The molecule has 0 aromatic carbocycles. The molecule has 2 aromatic rings. The maximum Gasteiger partial charge on any atom is 0.360 e. The van der Waals surface area contributed by atoms with Crippen LogP contribution in [0, 0.1) is 0 Å². The van der Waals surface area contributed by atoms with Gasteiger partial charge in [0.1, 0.15) is 12.0 Å². The Morgan fingerprint density at radius 3 is 2.93 bits per heavy atom. The van der Waals surface area contributed by atoms with Gasteiger partial charge in [-0.25, -0.2) is 4.79 Å². The molecule has 0 aliphatic rings. The SMILES string of the molecule is Cn1cccc1C(=O)Oc1ccoc1. The van der Waals surface area contributed by atoms with Crippen molar-refractivity contribution in [2.24, 2.45) is 7.05 Å². The van der Waals surface area contributed by atoms with Gasteiger partial charge in [0.25, 0.3) is 0 Å². The molecule has 0 saturated heterocycles. The highest BCUT2D eigenvalue weighted by atomic mass is 16.5. The highest BCUT2D eigenvalue weighted by Crippen LogP contribution is 2.12. The molecule has 0 bridgehead atoms. The summed E-state index contributed by atoms with van der Waals surface area (Å²) in [6.07, 6.45) is 4.61. The van der Waals surface area contributed by atoms with Gasteiger partial charge in [-0.15, -0.1) is 0 Å². The van der Waals surface area contributed by atoms with Crippen LogP contribution < -0.4 is 4.74 Å². The summed E-state index contributed by atoms with van der Waals surface area (Å²) in [6.45, 7) is 0. The fourth-order valence-corrected chi connectivity index (χ4v) is 1.14. The Morgan fingerprint density at radius 1 is 1.50 bits per heavy atom. The van der Waals surface area contributed by atoms with E-state index in [1.54, 1.807) is 36.0 Å². The number of ether oxygens (including phenoxy) is 1. The summed E-state index contributed by atoms with van der Waals surface area (Å²) in [6, 6.07) is 5.06. The predicted octanol–water partition coefficient (Wildman–Crippen LogP) is 1.84. The summed E-state index contributed by atoms with van der Waals surface area (Å²) >= 11 is 0. The van der Waals surface area contributed by atoms with Gasteiger partial charge in [0.05, 0.1) is 6.26 Å². The number of nitrogens with zero attached hydrogens (tertiary/aromatic N) is 1. The highest BCUT2D eigenvalue weighted by Gasteiger charge is 2.11. The van der Waals surface area contributed by atoms with Gasteiger partial charge in [0.2, 0.25) is 0 Å². The number of carbonyl (C=O) groups excluding carboxylic acids is 1. The topological polar surface area (TPSA) is 44.4 Å². The van der Waals surface area contributed by atoms with E-state index in [0.717, 1.165) is 0 Å². The fourth-order valence-electron chi connectivity index (χ4n) is 1.14. The van der Waals surface area contributed by atoms with Crippen LogP contribution in [-0.2, 0) is 7.05 Å². The first-order valence-corrected chi connectivity index (χ1v) is 4.13. The van der Waals surface area contributed by atoms with Crippen LogP contribution in [0.5, 0.6) is 5.75 Å². The van der Waals surface area contributed by atoms with E-state index in [-0.39, 0.29) is 5.97 Å². The lowest BCUT2D eigenvalue weighted by Gasteiger charge is -2.01. The van der Waals surface area contributed by atoms with E-state index in [0.29, 0.717) is 11.4 Å². The number of rotatable bonds is 2. The van der Waals surface area contributed by atoms with Gasteiger partial charge in [-0.05, 0) is 12.1 Å². The van der Waals surface area contributed by atoms with Crippen LogP contribution >= 0.6 is 0 Å². The molecule has 0 spiro atoms. The molecule has 72 valence electrons.